The molecule has 1 saturated carbocycles. The first kappa shape index (κ1) is 15.2. The van der Waals surface area contributed by atoms with Gasteiger partial charge in [-0.2, -0.15) is 0 Å². The Morgan fingerprint density at radius 3 is 1.88 bits per heavy atom. The molecule has 2 aromatic carbocycles. The number of benzene rings is 2. The zero-order valence-corrected chi connectivity index (χ0v) is 14.2. The van der Waals surface area contributed by atoms with Crippen LogP contribution in [0.1, 0.15) is 42.6 Å². The molecule has 0 radical (unpaired) electrons. The molecule has 1 fully saturated rings. The fraction of sp³-hybridized carbons (Fsp3) is 0.318. The smallest absolute Gasteiger partial charge is 0.123 e. The Bertz CT molecular complexity index is 744. The lowest BCUT2D eigenvalue weighted by atomic mass is 9.64. The van der Waals surface area contributed by atoms with E-state index in [1.165, 1.54) is 36.8 Å². The Balaban J connectivity index is 2.05. The van der Waals surface area contributed by atoms with Gasteiger partial charge >= 0.3 is 0 Å². The molecular formula is C22H24N2. The van der Waals surface area contributed by atoms with Crippen molar-refractivity contribution in [1.29, 1.82) is 0 Å². The van der Waals surface area contributed by atoms with Crippen LogP contribution in [0, 0.1) is 5.92 Å². The summed E-state index contributed by atoms with van der Waals surface area (Å²) < 4.78 is 2.21. The van der Waals surface area contributed by atoms with Gasteiger partial charge in [-0.1, -0.05) is 73.5 Å². The average Bonchev–Trinajstić information content (AvgIpc) is 3.31. The van der Waals surface area contributed by atoms with E-state index in [0.717, 1.165) is 5.82 Å². The van der Waals surface area contributed by atoms with Gasteiger partial charge in [0, 0.05) is 19.4 Å². The molecule has 3 aromatic rings. The molecular weight excluding hydrogens is 292 g/mol. The van der Waals surface area contributed by atoms with Crippen molar-refractivity contribution in [2.75, 3.05) is 0 Å². The maximum Gasteiger partial charge on any atom is 0.123 e. The van der Waals surface area contributed by atoms with Crippen molar-refractivity contribution >= 4 is 0 Å². The quantitative estimate of drug-likeness (QED) is 0.666. The summed E-state index contributed by atoms with van der Waals surface area (Å²) in [6.45, 7) is 0. The van der Waals surface area contributed by atoms with E-state index in [1.807, 2.05) is 6.20 Å². The Hall–Kier alpha value is -2.35. The van der Waals surface area contributed by atoms with Crippen molar-refractivity contribution in [3.63, 3.8) is 0 Å². The summed E-state index contributed by atoms with van der Waals surface area (Å²) in [6.07, 6.45) is 9.16. The van der Waals surface area contributed by atoms with Gasteiger partial charge in [0.2, 0.25) is 0 Å². The molecule has 1 aromatic heterocycles. The lowest BCUT2D eigenvalue weighted by molar-refractivity contribution is 0.356. The highest BCUT2D eigenvalue weighted by Crippen LogP contribution is 2.50. The molecule has 2 heteroatoms. The SMILES string of the molecule is Cn1ccnc1C(c1ccccc1)(c1ccccc1)C1CCCC1. The predicted molar refractivity (Wildman–Crippen MR) is 97.9 cm³/mol. The van der Waals surface area contributed by atoms with Crippen LogP contribution in [0.3, 0.4) is 0 Å². The molecule has 1 aliphatic carbocycles. The minimum absolute atomic E-state index is 0.169. The summed E-state index contributed by atoms with van der Waals surface area (Å²) in [6, 6.07) is 21.9. The largest absolute Gasteiger partial charge is 0.337 e. The van der Waals surface area contributed by atoms with Gasteiger partial charge in [-0.15, -0.1) is 0 Å². The van der Waals surface area contributed by atoms with Gasteiger partial charge < -0.3 is 4.57 Å². The van der Waals surface area contributed by atoms with Crippen molar-refractivity contribution in [1.82, 2.24) is 9.55 Å². The highest BCUT2D eigenvalue weighted by atomic mass is 15.1. The van der Waals surface area contributed by atoms with Gasteiger partial charge in [0.15, 0.2) is 0 Å². The second-order valence-corrected chi connectivity index (χ2v) is 6.88. The molecule has 4 rings (SSSR count). The third-order valence-corrected chi connectivity index (χ3v) is 5.60. The second-order valence-electron chi connectivity index (χ2n) is 6.88. The molecule has 1 aliphatic rings. The second kappa shape index (κ2) is 6.27. The van der Waals surface area contributed by atoms with Crippen LogP contribution in [0.4, 0.5) is 0 Å². The fourth-order valence-corrected chi connectivity index (χ4v) is 4.59. The summed E-state index contributed by atoms with van der Waals surface area (Å²) in [4.78, 5) is 4.85. The molecule has 0 atom stereocenters. The van der Waals surface area contributed by atoms with E-state index < -0.39 is 0 Å². The maximum atomic E-state index is 4.85. The van der Waals surface area contributed by atoms with E-state index >= 15 is 0 Å². The molecule has 24 heavy (non-hydrogen) atoms. The number of rotatable bonds is 4. The number of imidazole rings is 1. The molecule has 0 N–H and O–H groups in total. The van der Waals surface area contributed by atoms with Crippen molar-refractivity contribution in [2.45, 2.75) is 31.1 Å². The Morgan fingerprint density at radius 2 is 1.42 bits per heavy atom. The van der Waals surface area contributed by atoms with E-state index in [9.17, 15) is 0 Å². The van der Waals surface area contributed by atoms with Crippen LogP contribution in [-0.4, -0.2) is 9.55 Å². The molecule has 0 unspecified atom stereocenters. The third-order valence-electron chi connectivity index (χ3n) is 5.60. The summed E-state index contributed by atoms with van der Waals surface area (Å²) in [7, 11) is 2.12. The molecule has 2 nitrogen and oxygen atoms in total. The molecule has 0 spiro atoms. The highest BCUT2D eigenvalue weighted by Gasteiger charge is 2.47. The minimum atomic E-state index is -0.169. The number of nitrogens with zero attached hydrogens (tertiary/aromatic N) is 2. The van der Waals surface area contributed by atoms with E-state index in [0.29, 0.717) is 5.92 Å². The fourth-order valence-electron chi connectivity index (χ4n) is 4.59. The van der Waals surface area contributed by atoms with Gasteiger partial charge in [0.25, 0.3) is 0 Å². The Kier molecular flexibility index (Phi) is 3.97. The third kappa shape index (κ3) is 2.29. The molecule has 122 valence electrons. The number of hydrogen-bond donors (Lipinski definition) is 0. The van der Waals surface area contributed by atoms with Gasteiger partial charge in [0.1, 0.15) is 5.82 Å². The summed E-state index contributed by atoms with van der Waals surface area (Å²) in [5.74, 6) is 1.75. The van der Waals surface area contributed by atoms with Crippen LogP contribution in [-0.2, 0) is 12.5 Å². The Morgan fingerprint density at radius 1 is 0.875 bits per heavy atom. The van der Waals surface area contributed by atoms with Crippen LogP contribution < -0.4 is 0 Å². The standard InChI is InChI=1S/C22H24N2/c1-24-17-16-23-21(24)22(20-14-8-9-15-20,18-10-4-2-5-11-18)19-12-6-3-7-13-19/h2-7,10-13,16-17,20H,8-9,14-15H2,1H3. The summed E-state index contributed by atoms with van der Waals surface area (Å²) in [5.41, 5.74) is 2.55. The topological polar surface area (TPSA) is 17.8 Å². The summed E-state index contributed by atoms with van der Waals surface area (Å²) in [5, 5.41) is 0. The molecule has 0 amide bonds. The van der Waals surface area contributed by atoms with Crippen LogP contribution in [0.5, 0.6) is 0 Å². The van der Waals surface area contributed by atoms with Crippen LogP contribution in [0.25, 0.3) is 0 Å². The average molecular weight is 316 g/mol. The van der Waals surface area contributed by atoms with Crippen molar-refractivity contribution in [3.05, 3.63) is 90.0 Å². The zero-order chi connectivity index (χ0) is 16.4. The highest BCUT2D eigenvalue weighted by molar-refractivity contribution is 5.47. The van der Waals surface area contributed by atoms with E-state index in [-0.39, 0.29) is 5.41 Å². The molecule has 0 aliphatic heterocycles. The normalized spacial score (nSPS) is 15.7. The number of aryl methyl sites for hydroxylation is 1. The van der Waals surface area contributed by atoms with E-state index in [1.54, 1.807) is 0 Å². The predicted octanol–water partition coefficient (Wildman–Crippen LogP) is 4.94. The summed E-state index contributed by atoms with van der Waals surface area (Å²) >= 11 is 0. The van der Waals surface area contributed by atoms with Gasteiger partial charge in [0.05, 0.1) is 5.41 Å². The van der Waals surface area contributed by atoms with Crippen LogP contribution in [0.2, 0.25) is 0 Å². The molecule has 0 saturated heterocycles. The minimum Gasteiger partial charge on any atom is -0.337 e. The first-order chi connectivity index (χ1) is 11.8. The van der Waals surface area contributed by atoms with E-state index in [2.05, 4.69) is 78.5 Å². The van der Waals surface area contributed by atoms with Crippen LogP contribution in [0.15, 0.2) is 73.1 Å². The Labute approximate surface area is 144 Å². The first-order valence-electron chi connectivity index (χ1n) is 8.92. The molecule has 1 heterocycles. The van der Waals surface area contributed by atoms with Crippen molar-refractivity contribution in [2.24, 2.45) is 13.0 Å². The first-order valence-corrected chi connectivity index (χ1v) is 8.92. The van der Waals surface area contributed by atoms with E-state index in [4.69, 9.17) is 4.98 Å². The lowest BCUT2D eigenvalue weighted by Crippen LogP contribution is -2.39. The van der Waals surface area contributed by atoms with Gasteiger partial charge in [-0.3, -0.25) is 0 Å². The molecule has 0 bridgehead atoms. The van der Waals surface area contributed by atoms with Gasteiger partial charge in [-0.05, 0) is 29.9 Å². The van der Waals surface area contributed by atoms with Gasteiger partial charge in [-0.25, -0.2) is 4.98 Å². The number of hydrogen-bond acceptors (Lipinski definition) is 1. The lowest BCUT2D eigenvalue weighted by Gasteiger charge is -2.40. The maximum absolute atomic E-state index is 4.85. The van der Waals surface area contributed by atoms with Crippen LogP contribution >= 0.6 is 0 Å². The number of aromatic nitrogens is 2. The monoisotopic (exact) mass is 316 g/mol. The van der Waals surface area contributed by atoms with Crippen molar-refractivity contribution < 1.29 is 0 Å². The van der Waals surface area contributed by atoms with Crippen molar-refractivity contribution in [3.8, 4) is 0 Å². The zero-order valence-electron chi connectivity index (χ0n) is 14.2.